The number of esters is 1. The highest BCUT2D eigenvalue weighted by atomic mass is 16.5. The first-order valence-corrected chi connectivity index (χ1v) is 10.2. The van der Waals surface area contributed by atoms with Crippen molar-refractivity contribution < 1.29 is 23.8 Å². The molecule has 0 bridgehead atoms. The summed E-state index contributed by atoms with van der Waals surface area (Å²) in [4.78, 5) is 24.7. The summed E-state index contributed by atoms with van der Waals surface area (Å²) in [6.45, 7) is 0. The molecule has 0 saturated carbocycles. The Morgan fingerprint density at radius 1 is 0.879 bits per heavy atom. The number of hydrogen-bond acceptors (Lipinski definition) is 6. The van der Waals surface area contributed by atoms with Crippen molar-refractivity contribution in [3.05, 3.63) is 65.9 Å². The molecule has 0 atom stereocenters. The highest BCUT2D eigenvalue weighted by Gasteiger charge is 2.29. The van der Waals surface area contributed by atoms with Gasteiger partial charge in [-0.15, -0.1) is 0 Å². The molecular weight excluding hydrogens is 422 g/mol. The van der Waals surface area contributed by atoms with Gasteiger partial charge in [0, 0.05) is 5.56 Å². The van der Waals surface area contributed by atoms with Gasteiger partial charge in [0.05, 0.1) is 33.3 Å². The van der Waals surface area contributed by atoms with Crippen LogP contribution in [0.1, 0.15) is 16.1 Å². The quantitative estimate of drug-likeness (QED) is 0.419. The van der Waals surface area contributed by atoms with E-state index in [2.05, 4.69) is 10.2 Å². The number of carbonyl (C=O) groups is 2. The summed E-state index contributed by atoms with van der Waals surface area (Å²) < 4.78 is 16.2. The van der Waals surface area contributed by atoms with Crippen molar-refractivity contribution in [1.82, 2.24) is 10.2 Å². The molecule has 0 aliphatic carbocycles. The number of benzene rings is 3. The molecule has 0 radical (unpaired) electrons. The van der Waals surface area contributed by atoms with Crippen LogP contribution in [0, 0.1) is 0 Å². The molecule has 168 valence electrons. The predicted molar refractivity (Wildman–Crippen MR) is 124 cm³/mol. The van der Waals surface area contributed by atoms with Gasteiger partial charge in [-0.05, 0) is 34.0 Å². The van der Waals surface area contributed by atoms with E-state index < -0.39 is 11.9 Å². The SMILES string of the molecule is COC(=O)c1[nH]nc(-c2c(OC)cccc2OC)c1-c1c(CC(N)=O)ccc2ccccc12. The first-order valence-electron chi connectivity index (χ1n) is 10.2. The van der Waals surface area contributed by atoms with Gasteiger partial charge in [-0.3, -0.25) is 9.89 Å². The van der Waals surface area contributed by atoms with Gasteiger partial charge in [0.2, 0.25) is 5.91 Å². The molecule has 4 aromatic rings. The fourth-order valence-electron chi connectivity index (χ4n) is 4.05. The molecule has 4 rings (SSSR count). The molecule has 1 aromatic heterocycles. The Balaban J connectivity index is 2.16. The summed E-state index contributed by atoms with van der Waals surface area (Å²) in [6, 6.07) is 16.8. The Bertz CT molecular complexity index is 1340. The minimum absolute atomic E-state index is 0.0194. The smallest absolute Gasteiger partial charge is 0.356 e. The largest absolute Gasteiger partial charge is 0.496 e. The van der Waals surface area contributed by atoms with Crippen molar-refractivity contribution in [2.24, 2.45) is 5.73 Å². The lowest BCUT2D eigenvalue weighted by atomic mass is 9.88. The van der Waals surface area contributed by atoms with Crippen molar-refractivity contribution >= 4 is 22.6 Å². The normalized spacial score (nSPS) is 10.8. The van der Waals surface area contributed by atoms with E-state index in [1.165, 1.54) is 7.11 Å². The molecule has 3 N–H and O–H groups in total. The molecule has 0 fully saturated rings. The van der Waals surface area contributed by atoms with Gasteiger partial charge in [0.1, 0.15) is 17.2 Å². The predicted octanol–water partition coefficient (Wildman–Crippen LogP) is 3.73. The highest BCUT2D eigenvalue weighted by Crippen LogP contribution is 2.45. The summed E-state index contributed by atoms with van der Waals surface area (Å²) >= 11 is 0. The molecule has 0 unspecified atom stereocenters. The van der Waals surface area contributed by atoms with E-state index in [9.17, 15) is 9.59 Å². The van der Waals surface area contributed by atoms with Gasteiger partial charge in [-0.25, -0.2) is 4.79 Å². The van der Waals surface area contributed by atoms with Crippen LogP contribution in [0.25, 0.3) is 33.2 Å². The first-order chi connectivity index (χ1) is 16.0. The second-order valence-corrected chi connectivity index (χ2v) is 7.32. The minimum Gasteiger partial charge on any atom is -0.496 e. The molecule has 1 heterocycles. The Morgan fingerprint density at radius 2 is 1.58 bits per heavy atom. The number of rotatable bonds is 7. The van der Waals surface area contributed by atoms with Crippen LogP contribution in [0.15, 0.2) is 54.6 Å². The average Bonchev–Trinajstić information content (AvgIpc) is 3.26. The van der Waals surface area contributed by atoms with Gasteiger partial charge < -0.3 is 19.9 Å². The Morgan fingerprint density at radius 3 is 2.21 bits per heavy atom. The number of nitrogens with zero attached hydrogens (tertiary/aromatic N) is 1. The second-order valence-electron chi connectivity index (χ2n) is 7.32. The highest BCUT2D eigenvalue weighted by molar-refractivity contribution is 6.09. The van der Waals surface area contributed by atoms with Crippen molar-refractivity contribution in [1.29, 1.82) is 0 Å². The maximum Gasteiger partial charge on any atom is 0.356 e. The van der Waals surface area contributed by atoms with Gasteiger partial charge in [-0.1, -0.05) is 42.5 Å². The van der Waals surface area contributed by atoms with E-state index in [0.717, 1.165) is 10.8 Å². The lowest BCUT2D eigenvalue weighted by Gasteiger charge is -2.16. The number of primary amides is 1. The van der Waals surface area contributed by atoms with E-state index in [1.54, 1.807) is 32.4 Å². The van der Waals surface area contributed by atoms with Crippen LogP contribution < -0.4 is 15.2 Å². The summed E-state index contributed by atoms with van der Waals surface area (Å²) in [7, 11) is 4.38. The average molecular weight is 445 g/mol. The van der Waals surface area contributed by atoms with Crippen molar-refractivity contribution in [2.75, 3.05) is 21.3 Å². The summed E-state index contributed by atoms with van der Waals surface area (Å²) in [5.41, 5.74) is 8.46. The Labute approximate surface area is 190 Å². The third-order valence-electron chi connectivity index (χ3n) is 5.45. The number of ether oxygens (including phenoxy) is 3. The van der Waals surface area contributed by atoms with Crippen LogP contribution in [-0.4, -0.2) is 43.4 Å². The van der Waals surface area contributed by atoms with Gasteiger partial charge in [0.25, 0.3) is 0 Å². The number of aromatic amines is 1. The van der Waals surface area contributed by atoms with E-state index in [0.29, 0.717) is 39.4 Å². The van der Waals surface area contributed by atoms with Gasteiger partial charge in [0.15, 0.2) is 5.69 Å². The molecule has 0 saturated heterocycles. The standard InChI is InChI=1S/C25H23N3O5/c1-31-17-9-6-10-18(32-2)21(17)23-22(24(28-27-23)25(30)33-3)20-15(13-19(26)29)12-11-14-7-4-5-8-16(14)20/h4-12H,13H2,1-3H3,(H2,26,29)(H,27,28). The number of nitrogens with two attached hydrogens (primary N) is 1. The molecule has 8 nitrogen and oxygen atoms in total. The molecule has 8 heteroatoms. The van der Waals surface area contributed by atoms with E-state index >= 15 is 0 Å². The molecule has 3 aromatic carbocycles. The van der Waals surface area contributed by atoms with E-state index in [-0.39, 0.29) is 12.1 Å². The summed E-state index contributed by atoms with van der Waals surface area (Å²) in [5.74, 6) is -0.0768. The number of nitrogens with one attached hydrogen (secondary N) is 1. The fraction of sp³-hybridized carbons (Fsp3) is 0.160. The zero-order valence-corrected chi connectivity index (χ0v) is 18.5. The number of carbonyl (C=O) groups excluding carboxylic acids is 2. The Hall–Kier alpha value is -4.33. The number of hydrogen-bond donors (Lipinski definition) is 2. The maximum absolute atomic E-state index is 12.8. The molecule has 1 amide bonds. The van der Waals surface area contributed by atoms with Crippen LogP contribution in [0.2, 0.25) is 0 Å². The number of H-pyrrole nitrogens is 1. The lowest BCUT2D eigenvalue weighted by molar-refractivity contribution is -0.117. The topological polar surface area (TPSA) is 117 Å². The van der Waals surface area contributed by atoms with Crippen LogP contribution in [0.3, 0.4) is 0 Å². The van der Waals surface area contributed by atoms with Crippen LogP contribution >= 0.6 is 0 Å². The zero-order valence-electron chi connectivity index (χ0n) is 18.5. The van der Waals surface area contributed by atoms with E-state index in [1.807, 2.05) is 36.4 Å². The fourth-order valence-corrected chi connectivity index (χ4v) is 4.05. The van der Waals surface area contributed by atoms with Gasteiger partial charge >= 0.3 is 5.97 Å². The van der Waals surface area contributed by atoms with Gasteiger partial charge in [-0.2, -0.15) is 5.10 Å². The number of amides is 1. The molecule has 0 aliphatic heterocycles. The van der Waals surface area contributed by atoms with Crippen molar-refractivity contribution in [2.45, 2.75) is 6.42 Å². The summed E-state index contributed by atoms with van der Waals surface area (Å²) in [5, 5.41) is 9.05. The number of aromatic nitrogens is 2. The third-order valence-corrected chi connectivity index (χ3v) is 5.45. The molecule has 33 heavy (non-hydrogen) atoms. The number of methoxy groups -OCH3 is 3. The first kappa shape index (κ1) is 21.9. The van der Waals surface area contributed by atoms with Crippen molar-refractivity contribution in [3.63, 3.8) is 0 Å². The Kier molecular flexibility index (Phi) is 5.99. The van der Waals surface area contributed by atoms with E-state index in [4.69, 9.17) is 19.9 Å². The maximum atomic E-state index is 12.8. The molecular formula is C25H23N3O5. The minimum atomic E-state index is -0.601. The van der Waals surface area contributed by atoms with Crippen LogP contribution in [0.4, 0.5) is 0 Å². The third kappa shape index (κ3) is 3.87. The summed E-state index contributed by atoms with van der Waals surface area (Å²) in [6.07, 6.45) is -0.0194. The monoisotopic (exact) mass is 445 g/mol. The van der Waals surface area contributed by atoms with Crippen LogP contribution in [-0.2, 0) is 16.0 Å². The second kappa shape index (κ2) is 9.04. The lowest BCUT2D eigenvalue weighted by Crippen LogP contribution is -2.15. The number of fused-ring (bicyclic) bond motifs is 1. The molecule has 0 aliphatic rings. The molecule has 0 spiro atoms. The zero-order chi connectivity index (χ0) is 23.5. The van der Waals surface area contributed by atoms with Crippen molar-refractivity contribution in [3.8, 4) is 33.9 Å². The van der Waals surface area contributed by atoms with Crippen LogP contribution in [0.5, 0.6) is 11.5 Å².